The van der Waals surface area contributed by atoms with E-state index in [1.54, 1.807) is 36.4 Å². The van der Waals surface area contributed by atoms with Gasteiger partial charge in [-0.2, -0.15) is 10.2 Å². The largest absolute Gasteiger partial charge is 0.396 e. The number of carbonyl (C=O) groups excluding carboxylic acids is 4. The molecule has 0 unspecified atom stereocenters. The van der Waals surface area contributed by atoms with Crippen LogP contribution in [0.25, 0.3) is 0 Å². The number of unbranched alkanes of at least 4 members (excludes halogenated alkanes) is 7. The summed E-state index contributed by atoms with van der Waals surface area (Å²) in [4.78, 5) is 48.4. The number of aliphatic hydroxyl groups is 5. The summed E-state index contributed by atoms with van der Waals surface area (Å²) in [5.41, 5.74) is 1.95. The van der Waals surface area contributed by atoms with Gasteiger partial charge in [0.05, 0.1) is 31.1 Å². The lowest BCUT2D eigenvalue weighted by atomic mass is 9.98. The van der Waals surface area contributed by atoms with E-state index in [1.807, 2.05) is 0 Å². The molecule has 51 heavy (non-hydrogen) atoms. The fraction of sp³-hybridized carbons (Fsp3) is 0.543. The van der Waals surface area contributed by atoms with E-state index < -0.39 is 55.6 Å². The molecule has 0 aromatic heterocycles. The van der Waals surface area contributed by atoms with Crippen molar-refractivity contribution in [1.82, 2.24) is 16.0 Å². The van der Waals surface area contributed by atoms with Crippen LogP contribution in [0.1, 0.15) is 74.6 Å². The Bertz CT molecular complexity index is 1410. The zero-order valence-corrected chi connectivity index (χ0v) is 28.6. The van der Waals surface area contributed by atoms with Gasteiger partial charge in [-0.3, -0.25) is 19.2 Å². The summed E-state index contributed by atoms with van der Waals surface area (Å²) in [7, 11) is 0. The molecular weight excluding hydrogens is 664 g/mol. The number of amides is 4. The second-order valence-corrected chi connectivity index (χ2v) is 12.2. The fourth-order valence-electron chi connectivity index (χ4n) is 5.21. The van der Waals surface area contributed by atoms with Crippen LogP contribution < -0.4 is 21.3 Å². The molecule has 1 heterocycles. The first kappa shape index (κ1) is 41.1. The van der Waals surface area contributed by atoms with Gasteiger partial charge in [0.1, 0.15) is 24.4 Å². The van der Waals surface area contributed by atoms with Gasteiger partial charge in [-0.15, -0.1) is 0 Å². The lowest BCUT2D eigenvalue weighted by molar-refractivity contribution is -0.235. The van der Waals surface area contributed by atoms with Gasteiger partial charge < -0.3 is 51.5 Å². The second-order valence-electron chi connectivity index (χ2n) is 12.2. The van der Waals surface area contributed by atoms with Gasteiger partial charge in [-0.1, -0.05) is 38.5 Å². The van der Waals surface area contributed by atoms with Gasteiger partial charge in [0.15, 0.2) is 6.23 Å². The standard InChI is InChI=1S/C35H50N6O10/c42-20-18-28(44)36-19-8-6-4-2-1-3-5-7-9-29(45)38-24-14-16-26(17-15-24)41-40-25-12-10-23(11-13-25)34(50)37-21-30(46)39-35-33(49)32(48)31(47)27(22-43)51-35/h10-17,27,31-33,35,42-43,47-49H,1-9,18-22H2,(H,36,44)(H,37,50)(H,38,45)(H,39,46)/t27-,31-,32+,33-,35-/m1/s1. The molecule has 4 amide bonds. The predicted molar refractivity (Wildman–Crippen MR) is 186 cm³/mol. The maximum atomic E-state index is 12.5. The van der Waals surface area contributed by atoms with Crippen molar-refractivity contribution < 1.29 is 49.4 Å². The number of rotatable bonds is 21. The highest BCUT2D eigenvalue weighted by Gasteiger charge is 2.43. The SMILES string of the molecule is O=C(CCO)NCCCCCCCCCCC(=O)Nc1ccc(N=Nc2ccc(C(=O)NCC(=O)N[C@@H]3O[C@H](CO)[C@@H](O)[C@H](O)[C@H]3O)cc2)cc1. The van der Waals surface area contributed by atoms with Crippen LogP contribution in [0.15, 0.2) is 58.8 Å². The molecule has 0 bridgehead atoms. The molecule has 16 nitrogen and oxygen atoms in total. The summed E-state index contributed by atoms with van der Waals surface area (Å²) in [5.74, 6) is -1.44. The van der Waals surface area contributed by atoms with Crippen molar-refractivity contribution in [3.63, 3.8) is 0 Å². The number of anilines is 1. The smallest absolute Gasteiger partial charge is 0.251 e. The second kappa shape index (κ2) is 22.5. The van der Waals surface area contributed by atoms with E-state index in [4.69, 9.17) is 9.84 Å². The molecule has 2 aromatic rings. The highest BCUT2D eigenvalue weighted by Crippen LogP contribution is 2.22. The molecule has 2 aromatic carbocycles. The van der Waals surface area contributed by atoms with Crippen LogP contribution in [0, 0.1) is 0 Å². The van der Waals surface area contributed by atoms with Crippen molar-refractivity contribution in [2.24, 2.45) is 10.2 Å². The predicted octanol–water partition coefficient (Wildman–Crippen LogP) is 1.70. The van der Waals surface area contributed by atoms with Gasteiger partial charge in [0.2, 0.25) is 17.7 Å². The molecule has 280 valence electrons. The molecule has 0 radical (unpaired) electrons. The maximum Gasteiger partial charge on any atom is 0.251 e. The van der Waals surface area contributed by atoms with Crippen LogP contribution in [0.2, 0.25) is 0 Å². The number of carbonyl (C=O) groups is 4. The molecular formula is C35H50N6O10. The molecule has 1 fully saturated rings. The van der Waals surface area contributed by atoms with E-state index in [9.17, 15) is 39.6 Å². The van der Waals surface area contributed by atoms with Crippen molar-refractivity contribution >= 4 is 40.7 Å². The Balaban J connectivity index is 1.29. The number of nitrogens with zero attached hydrogens (tertiary/aromatic N) is 2. The Morgan fingerprint density at radius 1 is 0.647 bits per heavy atom. The minimum Gasteiger partial charge on any atom is -0.396 e. The molecule has 1 saturated heterocycles. The van der Waals surface area contributed by atoms with Gasteiger partial charge in [0.25, 0.3) is 5.91 Å². The fourth-order valence-corrected chi connectivity index (χ4v) is 5.21. The van der Waals surface area contributed by atoms with Crippen LogP contribution in [0.3, 0.4) is 0 Å². The van der Waals surface area contributed by atoms with E-state index in [-0.39, 0.29) is 30.4 Å². The lowest BCUT2D eigenvalue weighted by Crippen LogP contribution is -2.63. The molecule has 1 aliphatic heterocycles. The average Bonchev–Trinajstić information content (AvgIpc) is 3.13. The van der Waals surface area contributed by atoms with Gasteiger partial charge in [-0.25, -0.2) is 0 Å². The summed E-state index contributed by atoms with van der Waals surface area (Å²) < 4.78 is 5.22. The first-order valence-electron chi connectivity index (χ1n) is 17.3. The average molecular weight is 715 g/mol. The van der Waals surface area contributed by atoms with Gasteiger partial charge in [-0.05, 0) is 61.4 Å². The number of nitrogens with one attached hydrogen (secondary N) is 4. The summed E-state index contributed by atoms with van der Waals surface area (Å²) in [6.45, 7) is -0.580. The number of benzene rings is 2. The first-order chi connectivity index (χ1) is 24.6. The Kier molecular flexibility index (Phi) is 18.1. The van der Waals surface area contributed by atoms with Crippen LogP contribution in [0.5, 0.6) is 0 Å². The molecule has 0 saturated carbocycles. The number of azo groups is 1. The Morgan fingerprint density at radius 2 is 1.24 bits per heavy atom. The summed E-state index contributed by atoms with van der Waals surface area (Å²) in [6.07, 6.45) is 1.43. The molecule has 0 spiro atoms. The third kappa shape index (κ3) is 14.8. The highest BCUT2D eigenvalue weighted by atomic mass is 16.6. The molecule has 1 aliphatic rings. The number of ether oxygens (including phenoxy) is 1. The Morgan fingerprint density at radius 3 is 1.84 bits per heavy atom. The quantitative estimate of drug-likeness (QED) is 0.0668. The maximum absolute atomic E-state index is 12.5. The molecule has 5 atom stereocenters. The zero-order valence-electron chi connectivity index (χ0n) is 28.6. The van der Waals surface area contributed by atoms with E-state index >= 15 is 0 Å². The van der Waals surface area contributed by atoms with Crippen molar-refractivity contribution in [2.75, 3.05) is 31.6 Å². The minimum atomic E-state index is -1.64. The van der Waals surface area contributed by atoms with Crippen molar-refractivity contribution in [2.45, 2.75) is 94.9 Å². The lowest BCUT2D eigenvalue weighted by Gasteiger charge is -2.40. The van der Waals surface area contributed by atoms with Crippen molar-refractivity contribution in [3.8, 4) is 0 Å². The van der Waals surface area contributed by atoms with Crippen molar-refractivity contribution in [3.05, 3.63) is 54.1 Å². The van der Waals surface area contributed by atoms with Crippen LogP contribution in [0.4, 0.5) is 17.1 Å². The van der Waals surface area contributed by atoms with Crippen LogP contribution >= 0.6 is 0 Å². The van der Waals surface area contributed by atoms with E-state index in [0.717, 1.165) is 51.4 Å². The van der Waals surface area contributed by atoms with E-state index in [2.05, 4.69) is 31.5 Å². The molecule has 9 N–H and O–H groups in total. The van der Waals surface area contributed by atoms with Crippen LogP contribution in [-0.2, 0) is 19.1 Å². The van der Waals surface area contributed by atoms with E-state index in [1.165, 1.54) is 12.1 Å². The molecule has 0 aliphatic carbocycles. The first-order valence-corrected chi connectivity index (χ1v) is 17.3. The van der Waals surface area contributed by atoms with Gasteiger partial charge >= 0.3 is 0 Å². The summed E-state index contributed by atoms with van der Waals surface area (Å²) in [5, 5.41) is 66.4. The van der Waals surface area contributed by atoms with E-state index in [0.29, 0.717) is 30.0 Å². The molecule has 3 rings (SSSR count). The monoisotopic (exact) mass is 714 g/mol. The summed E-state index contributed by atoms with van der Waals surface area (Å²) in [6, 6.07) is 13.1. The third-order valence-electron chi connectivity index (χ3n) is 8.16. The Hall–Kier alpha value is -4.32. The third-order valence-corrected chi connectivity index (χ3v) is 8.16. The number of hydrogen-bond acceptors (Lipinski definition) is 12. The normalized spacial score (nSPS) is 20.1. The van der Waals surface area contributed by atoms with Gasteiger partial charge in [0, 0.05) is 30.6 Å². The zero-order chi connectivity index (χ0) is 37.0. The topological polar surface area (TPSA) is 251 Å². The molecule has 16 heteroatoms. The minimum absolute atomic E-state index is 0.0498. The Labute approximate surface area is 296 Å². The van der Waals surface area contributed by atoms with Crippen molar-refractivity contribution in [1.29, 1.82) is 0 Å². The number of hydrogen-bond donors (Lipinski definition) is 9. The number of aliphatic hydroxyl groups excluding tert-OH is 5. The highest BCUT2D eigenvalue weighted by molar-refractivity contribution is 5.96. The summed E-state index contributed by atoms with van der Waals surface area (Å²) >= 11 is 0. The van der Waals surface area contributed by atoms with Crippen LogP contribution in [-0.4, -0.2) is 106 Å².